The summed E-state index contributed by atoms with van der Waals surface area (Å²) in [6, 6.07) is 7.13. The average molecular weight is 239 g/mol. The Labute approximate surface area is 96.8 Å². The molecule has 0 fully saturated rings. The summed E-state index contributed by atoms with van der Waals surface area (Å²) in [6.07, 6.45) is 0.712. The number of sulfone groups is 1. The minimum Gasteiger partial charge on any atom is -0.383 e. The van der Waals surface area contributed by atoms with Gasteiger partial charge in [-0.2, -0.15) is 0 Å². The summed E-state index contributed by atoms with van der Waals surface area (Å²) < 4.78 is 24.6. The highest BCUT2D eigenvalue weighted by atomic mass is 32.2. The van der Waals surface area contributed by atoms with Crippen molar-refractivity contribution in [3.63, 3.8) is 0 Å². The molecule has 1 aromatic carbocycles. The van der Waals surface area contributed by atoms with Crippen LogP contribution in [0.4, 0.5) is 5.69 Å². The van der Waals surface area contributed by atoms with Gasteiger partial charge in [0.15, 0.2) is 9.84 Å². The van der Waals surface area contributed by atoms with Crippen LogP contribution in [0.5, 0.6) is 0 Å². The summed E-state index contributed by atoms with van der Waals surface area (Å²) in [6.45, 7) is 4.63. The van der Waals surface area contributed by atoms with Crippen LogP contribution in [-0.2, 0) is 9.84 Å². The fourth-order valence-electron chi connectivity index (χ4n) is 2.11. The van der Waals surface area contributed by atoms with Crippen molar-refractivity contribution in [3.8, 4) is 0 Å². The Morgan fingerprint density at radius 1 is 1.38 bits per heavy atom. The highest BCUT2D eigenvalue weighted by molar-refractivity contribution is 7.92. The van der Waals surface area contributed by atoms with Crippen molar-refractivity contribution in [1.29, 1.82) is 0 Å². The molecule has 2 rings (SSSR count). The van der Waals surface area contributed by atoms with Crippen molar-refractivity contribution in [2.24, 2.45) is 5.92 Å². The highest BCUT2D eigenvalue weighted by Gasteiger charge is 2.33. The molecule has 0 aliphatic carbocycles. The Hall–Kier alpha value is -1.03. The molecule has 4 heteroatoms. The number of fused-ring (bicyclic) bond motifs is 1. The fourth-order valence-corrected chi connectivity index (χ4v) is 4.12. The van der Waals surface area contributed by atoms with Crippen LogP contribution in [0, 0.1) is 5.92 Å². The lowest BCUT2D eigenvalue weighted by molar-refractivity contribution is 0.526. The molecule has 0 radical (unpaired) electrons. The molecule has 0 saturated heterocycles. The van der Waals surface area contributed by atoms with Crippen molar-refractivity contribution in [1.82, 2.24) is 0 Å². The van der Waals surface area contributed by atoms with Crippen LogP contribution in [0.15, 0.2) is 29.2 Å². The van der Waals surface area contributed by atoms with Crippen LogP contribution in [0.1, 0.15) is 20.3 Å². The van der Waals surface area contributed by atoms with E-state index >= 15 is 0 Å². The summed E-state index contributed by atoms with van der Waals surface area (Å²) >= 11 is 0. The number of para-hydroxylation sites is 1. The van der Waals surface area contributed by atoms with Crippen molar-refractivity contribution in [2.75, 3.05) is 11.9 Å². The van der Waals surface area contributed by atoms with E-state index in [1.807, 2.05) is 12.1 Å². The Balaban J connectivity index is 2.40. The second-order valence-corrected chi connectivity index (χ2v) is 6.87. The van der Waals surface area contributed by atoms with Crippen LogP contribution in [0.25, 0.3) is 0 Å². The van der Waals surface area contributed by atoms with E-state index < -0.39 is 9.84 Å². The van der Waals surface area contributed by atoms with Gasteiger partial charge in [-0.15, -0.1) is 0 Å². The second kappa shape index (κ2) is 4.09. The molecular weight excluding hydrogens is 222 g/mol. The third kappa shape index (κ3) is 1.94. The zero-order chi connectivity index (χ0) is 11.8. The summed E-state index contributed by atoms with van der Waals surface area (Å²) in [5.41, 5.74) is 0.738. The van der Waals surface area contributed by atoms with Gasteiger partial charge in [0.25, 0.3) is 0 Å². The molecule has 0 spiro atoms. The van der Waals surface area contributed by atoms with E-state index in [1.165, 1.54) is 0 Å². The lowest BCUT2D eigenvalue weighted by Gasteiger charge is -2.27. The number of rotatable bonds is 2. The van der Waals surface area contributed by atoms with Gasteiger partial charge >= 0.3 is 0 Å². The molecule has 1 aliphatic rings. The Kier molecular flexibility index (Phi) is 2.93. The summed E-state index contributed by atoms with van der Waals surface area (Å²) in [7, 11) is -3.14. The third-order valence-corrected chi connectivity index (χ3v) is 5.09. The Bertz CT molecular complexity index is 480. The zero-order valence-corrected chi connectivity index (χ0v) is 10.4. The highest BCUT2D eigenvalue weighted by Crippen LogP contribution is 2.31. The molecule has 3 nitrogen and oxygen atoms in total. The van der Waals surface area contributed by atoms with Crippen LogP contribution in [-0.4, -0.2) is 20.2 Å². The molecule has 1 aliphatic heterocycles. The number of benzene rings is 1. The van der Waals surface area contributed by atoms with Gasteiger partial charge in [-0.05, 0) is 24.5 Å². The van der Waals surface area contributed by atoms with Crippen molar-refractivity contribution in [2.45, 2.75) is 30.4 Å². The first-order valence-corrected chi connectivity index (χ1v) is 7.13. The van der Waals surface area contributed by atoms with E-state index in [9.17, 15) is 8.42 Å². The third-order valence-electron chi connectivity index (χ3n) is 2.89. The van der Waals surface area contributed by atoms with E-state index in [4.69, 9.17) is 0 Å². The van der Waals surface area contributed by atoms with Gasteiger partial charge in [0, 0.05) is 6.54 Å². The molecule has 0 aromatic heterocycles. The predicted molar refractivity (Wildman–Crippen MR) is 65.4 cm³/mol. The SMILES string of the molecule is CC(C)CC1CNc2ccccc2S1(=O)=O. The molecule has 1 aromatic rings. The summed E-state index contributed by atoms with van der Waals surface area (Å²) in [5.74, 6) is 0.395. The lowest BCUT2D eigenvalue weighted by Crippen LogP contribution is -2.35. The predicted octanol–water partition coefficient (Wildman–Crippen LogP) is 2.30. The summed E-state index contributed by atoms with van der Waals surface area (Å²) in [5, 5.41) is 2.91. The van der Waals surface area contributed by atoms with Gasteiger partial charge in [0.05, 0.1) is 15.8 Å². The molecule has 16 heavy (non-hydrogen) atoms. The van der Waals surface area contributed by atoms with E-state index in [-0.39, 0.29) is 5.25 Å². The lowest BCUT2D eigenvalue weighted by atomic mass is 10.1. The molecule has 0 bridgehead atoms. The first-order valence-electron chi connectivity index (χ1n) is 5.58. The second-order valence-electron chi connectivity index (χ2n) is 4.67. The van der Waals surface area contributed by atoms with Crippen molar-refractivity contribution >= 4 is 15.5 Å². The van der Waals surface area contributed by atoms with Crippen LogP contribution < -0.4 is 5.32 Å². The quantitative estimate of drug-likeness (QED) is 0.861. The molecule has 1 unspecified atom stereocenters. The largest absolute Gasteiger partial charge is 0.383 e. The smallest absolute Gasteiger partial charge is 0.185 e. The average Bonchev–Trinajstić information content (AvgIpc) is 2.22. The molecule has 1 N–H and O–H groups in total. The van der Waals surface area contributed by atoms with E-state index in [0.717, 1.165) is 5.69 Å². The minimum atomic E-state index is -3.14. The van der Waals surface area contributed by atoms with Gasteiger partial charge in [-0.3, -0.25) is 0 Å². The molecule has 0 amide bonds. The van der Waals surface area contributed by atoms with Crippen LogP contribution in [0.2, 0.25) is 0 Å². The number of hydrogen-bond donors (Lipinski definition) is 1. The Morgan fingerprint density at radius 3 is 2.75 bits per heavy atom. The van der Waals surface area contributed by atoms with Crippen molar-refractivity contribution < 1.29 is 8.42 Å². The molecule has 1 heterocycles. The van der Waals surface area contributed by atoms with E-state index in [0.29, 0.717) is 23.8 Å². The topological polar surface area (TPSA) is 46.2 Å². The number of nitrogens with one attached hydrogen (secondary N) is 1. The Morgan fingerprint density at radius 2 is 2.06 bits per heavy atom. The molecule has 0 saturated carbocycles. The number of hydrogen-bond acceptors (Lipinski definition) is 3. The normalized spacial score (nSPS) is 22.6. The maximum absolute atomic E-state index is 12.3. The zero-order valence-electron chi connectivity index (χ0n) is 9.60. The van der Waals surface area contributed by atoms with Crippen LogP contribution in [0.3, 0.4) is 0 Å². The van der Waals surface area contributed by atoms with Crippen molar-refractivity contribution in [3.05, 3.63) is 24.3 Å². The van der Waals surface area contributed by atoms with Gasteiger partial charge in [-0.1, -0.05) is 26.0 Å². The van der Waals surface area contributed by atoms with Gasteiger partial charge in [-0.25, -0.2) is 8.42 Å². The van der Waals surface area contributed by atoms with E-state index in [1.54, 1.807) is 12.1 Å². The maximum Gasteiger partial charge on any atom is 0.185 e. The first-order chi connectivity index (χ1) is 7.51. The van der Waals surface area contributed by atoms with Gasteiger partial charge < -0.3 is 5.32 Å². The summed E-state index contributed by atoms with van der Waals surface area (Å²) in [4.78, 5) is 0.451. The number of anilines is 1. The fraction of sp³-hybridized carbons (Fsp3) is 0.500. The maximum atomic E-state index is 12.3. The molecule has 1 atom stereocenters. The molecular formula is C12H17NO2S. The van der Waals surface area contributed by atoms with E-state index in [2.05, 4.69) is 19.2 Å². The standard InChI is InChI=1S/C12H17NO2S/c1-9(2)7-10-8-13-11-5-3-4-6-12(11)16(10,14)15/h3-6,9-10,13H,7-8H2,1-2H3. The van der Waals surface area contributed by atoms with Gasteiger partial charge in [0.2, 0.25) is 0 Å². The first kappa shape index (κ1) is 11.5. The minimum absolute atomic E-state index is 0.289. The monoisotopic (exact) mass is 239 g/mol. The van der Waals surface area contributed by atoms with Crippen LogP contribution >= 0.6 is 0 Å². The molecule has 88 valence electrons. The van der Waals surface area contributed by atoms with Gasteiger partial charge in [0.1, 0.15) is 0 Å².